The second-order valence-corrected chi connectivity index (χ2v) is 7.38. The van der Waals surface area contributed by atoms with Crippen LogP contribution in [0.15, 0.2) is 77.3 Å². The van der Waals surface area contributed by atoms with Gasteiger partial charge in [0, 0.05) is 10.2 Å². The lowest BCUT2D eigenvalue weighted by Crippen LogP contribution is -2.14. The number of aromatic amines is 1. The fourth-order valence-corrected chi connectivity index (χ4v) is 3.34. The molecule has 1 heterocycles. The van der Waals surface area contributed by atoms with Gasteiger partial charge in [-0.25, -0.2) is 0 Å². The summed E-state index contributed by atoms with van der Waals surface area (Å²) in [4.78, 5) is 12.7. The van der Waals surface area contributed by atoms with E-state index in [0.717, 1.165) is 21.5 Å². The van der Waals surface area contributed by atoms with Gasteiger partial charge in [0.15, 0.2) is 11.5 Å². The van der Waals surface area contributed by atoms with Gasteiger partial charge in [0.25, 0.3) is 5.91 Å². The van der Waals surface area contributed by atoms with Crippen molar-refractivity contribution >= 4 is 39.0 Å². The second-order valence-electron chi connectivity index (χ2n) is 6.52. The molecule has 3 aromatic carbocycles. The van der Waals surface area contributed by atoms with E-state index in [-0.39, 0.29) is 11.6 Å². The molecular weight excluding hydrogens is 446 g/mol. The van der Waals surface area contributed by atoms with Gasteiger partial charge in [-0.05, 0) is 76.9 Å². The molecule has 0 saturated carbocycles. The van der Waals surface area contributed by atoms with Gasteiger partial charge >= 0.3 is 0 Å². The first kappa shape index (κ1) is 19.7. The predicted octanol–water partition coefficient (Wildman–Crippen LogP) is 5.66. The fourth-order valence-electron chi connectivity index (χ4n) is 2.75. The number of para-hydroxylation sites is 1. The molecular formula is C22H18BrN5O2. The molecule has 3 N–H and O–H groups in total. The summed E-state index contributed by atoms with van der Waals surface area (Å²) in [5.41, 5.74) is 2.65. The summed E-state index contributed by atoms with van der Waals surface area (Å²) in [7, 11) is 0. The van der Waals surface area contributed by atoms with Crippen molar-refractivity contribution in [1.82, 2.24) is 15.4 Å². The molecule has 1 aromatic heterocycles. The van der Waals surface area contributed by atoms with Crippen molar-refractivity contribution in [2.24, 2.45) is 0 Å². The number of amides is 1. The average molecular weight is 464 g/mol. The van der Waals surface area contributed by atoms with Crippen molar-refractivity contribution in [2.75, 3.05) is 10.6 Å². The Morgan fingerprint density at radius 3 is 2.43 bits per heavy atom. The van der Waals surface area contributed by atoms with Gasteiger partial charge in [0.05, 0.1) is 5.69 Å². The number of rotatable bonds is 6. The fraction of sp³-hybridized carbons (Fsp3) is 0.0455. The lowest BCUT2D eigenvalue weighted by atomic mass is 10.2. The molecule has 0 radical (unpaired) electrons. The van der Waals surface area contributed by atoms with Crippen LogP contribution in [0, 0.1) is 6.92 Å². The zero-order valence-electron chi connectivity index (χ0n) is 16.0. The van der Waals surface area contributed by atoms with Crippen LogP contribution in [0.5, 0.6) is 11.5 Å². The van der Waals surface area contributed by atoms with Crippen molar-refractivity contribution in [3.05, 3.63) is 88.5 Å². The summed E-state index contributed by atoms with van der Waals surface area (Å²) >= 11 is 3.46. The Morgan fingerprint density at radius 1 is 0.967 bits per heavy atom. The molecule has 0 fully saturated rings. The van der Waals surface area contributed by atoms with Crippen molar-refractivity contribution in [3.63, 3.8) is 0 Å². The molecule has 0 atom stereocenters. The number of hydrogen-bond donors (Lipinski definition) is 3. The number of nitrogens with zero attached hydrogens (tertiary/aromatic N) is 2. The molecule has 0 aliphatic rings. The summed E-state index contributed by atoms with van der Waals surface area (Å²) in [6.45, 7) is 1.98. The van der Waals surface area contributed by atoms with Gasteiger partial charge in [0.1, 0.15) is 11.5 Å². The summed E-state index contributed by atoms with van der Waals surface area (Å²) in [5, 5.41) is 16.5. The summed E-state index contributed by atoms with van der Waals surface area (Å²) in [6.07, 6.45) is 0. The van der Waals surface area contributed by atoms with E-state index in [9.17, 15) is 4.79 Å². The normalized spacial score (nSPS) is 10.5. The van der Waals surface area contributed by atoms with Crippen LogP contribution < -0.4 is 15.4 Å². The number of hydrogen-bond acceptors (Lipinski definition) is 5. The van der Waals surface area contributed by atoms with Crippen molar-refractivity contribution in [3.8, 4) is 11.5 Å². The van der Waals surface area contributed by atoms with E-state index in [1.807, 2.05) is 79.7 Å². The second kappa shape index (κ2) is 8.79. The van der Waals surface area contributed by atoms with Crippen molar-refractivity contribution in [1.29, 1.82) is 0 Å². The van der Waals surface area contributed by atoms with E-state index in [1.54, 1.807) is 0 Å². The molecule has 0 aliphatic carbocycles. The third-order valence-electron chi connectivity index (χ3n) is 4.23. The van der Waals surface area contributed by atoms with Crippen LogP contribution >= 0.6 is 15.9 Å². The number of aromatic nitrogens is 3. The molecule has 0 saturated heterocycles. The maximum Gasteiger partial charge on any atom is 0.280 e. The number of benzene rings is 3. The zero-order chi connectivity index (χ0) is 20.9. The molecule has 30 heavy (non-hydrogen) atoms. The monoisotopic (exact) mass is 463 g/mol. The Balaban J connectivity index is 1.45. The molecule has 4 rings (SSSR count). The molecule has 0 spiro atoms. The molecule has 8 heteroatoms. The number of H-pyrrole nitrogens is 1. The number of halogens is 1. The van der Waals surface area contributed by atoms with Crippen LogP contribution in [0.1, 0.15) is 16.1 Å². The van der Waals surface area contributed by atoms with E-state index in [1.165, 1.54) is 0 Å². The van der Waals surface area contributed by atoms with Crippen molar-refractivity contribution in [2.45, 2.75) is 6.92 Å². The van der Waals surface area contributed by atoms with E-state index in [0.29, 0.717) is 17.3 Å². The zero-order valence-corrected chi connectivity index (χ0v) is 17.6. The number of carbonyl (C=O) groups excluding carboxylic acids is 1. The first-order chi connectivity index (χ1) is 14.6. The maximum absolute atomic E-state index is 12.7. The first-order valence-electron chi connectivity index (χ1n) is 9.17. The van der Waals surface area contributed by atoms with Crippen LogP contribution in [0.2, 0.25) is 0 Å². The van der Waals surface area contributed by atoms with Crippen LogP contribution in [-0.4, -0.2) is 21.3 Å². The van der Waals surface area contributed by atoms with Crippen LogP contribution in [-0.2, 0) is 0 Å². The van der Waals surface area contributed by atoms with Crippen LogP contribution in [0.4, 0.5) is 17.2 Å². The lowest BCUT2D eigenvalue weighted by molar-refractivity contribution is 0.102. The van der Waals surface area contributed by atoms with Gasteiger partial charge in [0.2, 0.25) is 0 Å². The van der Waals surface area contributed by atoms with E-state index in [4.69, 9.17) is 4.74 Å². The van der Waals surface area contributed by atoms with Gasteiger partial charge in [-0.15, -0.1) is 10.2 Å². The molecule has 0 aliphatic heterocycles. The topological polar surface area (TPSA) is 91.9 Å². The highest BCUT2D eigenvalue weighted by Crippen LogP contribution is 2.26. The van der Waals surface area contributed by atoms with E-state index >= 15 is 0 Å². The van der Waals surface area contributed by atoms with Gasteiger partial charge < -0.3 is 15.4 Å². The molecule has 1 amide bonds. The third kappa shape index (κ3) is 4.66. The third-order valence-corrected chi connectivity index (χ3v) is 4.89. The van der Waals surface area contributed by atoms with E-state index < -0.39 is 0 Å². The quantitative estimate of drug-likeness (QED) is 0.342. The molecule has 0 unspecified atom stereocenters. The number of carbonyl (C=O) groups is 1. The molecule has 0 bridgehead atoms. The lowest BCUT2D eigenvalue weighted by Gasteiger charge is -2.09. The number of nitrogens with one attached hydrogen (secondary N) is 3. The highest BCUT2D eigenvalue weighted by atomic mass is 79.9. The Labute approximate surface area is 181 Å². The van der Waals surface area contributed by atoms with Crippen LogP contribution in [0.25, 0.3) is 0 Å². The van der Waals surface area contributed by atoms with Gasteiger partial charge in [-0.1, -0.05) is 24.3 Å². The first-order valence-corrected chi connectivity index (χ1v) is 9.96. The molecule has 4 aromatic rings. The Hall–Kier alpha value is -3.65. The molecule has 150 valence electrons. The van der Waals surface area contributed by atoms with Crippen LogP contribution in [0.3, 0.4) is 0 Å². The standard InChI is InChI=1S/C22H18BrN5O2/c1-14-7-12-19(18(23)13-14)25-22(29)20-21(27-28-26-20)24-15-8-10-17(11-9-15)30-16-5-3-2-4-6-16/h2-13H,1H3,(H,25,29)(H2,24,26,27,28). The Kier molecular flexibility index (Phi) is 5.76. The van der Waals surface area contributed by atoms with Gasteiger partial charge in [-0.3, -0.25) is 4.79 Å². The average Bonchev–Trinajstić information content (AvgIpc) is 3.20. The smallest absolute Gasteiger partial charge is 0.280 e. The summed E-state index contributed by atoms with van der Waals surface area (Å²) in [5.74, 6) is 1.41. The minimum atomic E-state index is -0.375. The summed E-state index contributed by atoms with van der Waals surface area (Å²) in [6, 6.07) is 22.6. The largest absolute Gasteiger partial charge is 0.457 e. The molecule has 7 nitrogen and oxygen atoms in total. The highest BCUT2D eigenvalue weighted by Gasteiger charge is 2.18. The number of anilines is 3. The highest BCUT2D eigenvalue weighted by molar-refractivity contribution is 9.10. The Morgan fingerprint density at radius 2 is 1.70 bits per heavy atom. The van der Waals surface area contributed by atoms with Crippen molar-refractivity contribution < 1.29 is 9.53 Å². The summed E-state index contributed by atoms with van der Waals surface area (Å²) < 4.78 is 6.58. The minimum Gasteiger partial charge on any atom is -0.457 e. The minimum absolute atomic E-state index is 0.159. The SMILES string of the molecule is Cc1ccc(NC(=O)c2n[nH]nc2Nc2ccc(Oc3ccccc3)cc2)c(Br)c1. The Bertz CT molecular complexity index is 1160. The van der Waals surface area contributed by atoms with E-state index in [2.05, 4.69) is 42.0 Å². The maximum atomic E-state index is 12.7. The number of aryl methyl sites for hydroxylation is 1. The van der Waals surface area contributed by atoms with Gasteiger partial charge in [-0.2, -0.15) is 5.21 Å². The number of ether oxygens (including phenoxy) is 1. The predicted molar refractivity (Wildman–Crippen MR) is 119 cm³/mol.